The minimum absolute atomic E-state index is 0.0312. The van der Waals surface area contributed by atoms with E-state index in [2.05, 4.69) is 5.32 Å². The van der Waals surface area contributed by atoms with Gasteiger partial charge in [0.05, 0.1) is 0 Å². The number of ether oxygens (including phenoxy) is 1. The summed E-state index contributed by atoms with van der Waals surface area (Å²) in [5, 5.41) is 2.88. The van der Waals surface area contributed by atoms with Crippen molar-refractivity contribution in [2.24, 2.45) is 7.05 Å². The minimum Gasteiger partial charge on any atom is -0.448 e. The third-order valence-corrected chi connectivity index (χ3v) is 6.90. The van der Waals surface area contributed by atoms with E-state index in [1.54, 1.807) is 20.9 Å². The number of aryl methyl sites for hydroxylation is 1. The first-order valence-corrected chi connectivity index (χ1v) is 10.8. The number of amides is 1. The smallest absolute Gasteiger partial charge is 0.355 e. The van der Waals surface area contributed by atoms with E-state index < -0.39 is 22.1 Å². The van der Waals surface area contributed by atoms with Crippen molar-refractivity contribution in [2.75, 3.05) is 13.1 Å². The molecule has 1 heterocycles. The van der Waals surface area contributed by atoms with E-state index in [0.29, 0.717) is 13.1 Å². The Kier molecular flexibility index (Phi) is 7.05. The van der Waals surface area contributed by atoms with Gasteiger partial charge in [-0.1, -0.05) is 26.7 Å². The Hall–Kier alpha value is -1.87. The van der Waals surface area contributed by atoms with Crippen LogP contribution in [-0.2, 0) is 26.6 Å². The molecule has 8 nitrogen and oxygen atoms in total. The van der Waals surface area contributed by atoms with Crippen molar-refractivity contribution in [3.8, 4) is 0 Å². The van der Waals surface area contributed by atoms with Crippen molar-refractivity contribution in [3.05, 3.63) is 18.0 Å². The first-order valence-electron chi connectivity index (χ1n) is 9.38. The lowest BCUT2D eigenvalue weighted by Gasteiger charge is -2.17. The molecule has 1 N–H and O–H groups in total. The van der Waals surface area contributed by atoms with E-state index >= 15 is 0 Å². The quantitative estimate of drug-likeness (QED) is 0.671. The van der Waals surface area contributed by atoms with Crippen molar-refractivity contribution in [3.63, 3.8) is 0 Å². The van der Waals surface area contributed by atoms with Crippen LogP contribution in [-0.4, -0.2) is 54.4 Å². The van der Waals surface area contributed by atoms with Gasteiger partial charge in [0.1, 0.15) is 10.6 Å². The number of esters is 1. The Morgan fingerprint density at radius 3 is 2.44 bits per heavy atom. The highest BCUT2D eigenvalue weighted by Crippen LogP contribution is 2.20. The predicted octanol–water partition coefficient (Wildman–Crippen LogP) is 1.66. The highest BCUT2D eigenvalue weighted by molar-refractivity contribution is 7.89. The first-order chi connectivity index (χ1) is 12.7. The summed E-state index contributed by atoms with van der Waals surface area (Å²) in [5.41, 5.74) is 0.0845. The Morgan fingerprint density at radius 1 is 1.30 bits per heavy atom. The lowest BCUT2D eigenvalue weighted by Crippen LogP contribution is -2.41. The molecule has 27 heavy (non-hydrogen) atoms. The molecule has 1 aliphatic carbocycles. The molecule has 1 saturated carbocycles. The average molecular weight is 400 g/mol. The van der Waals surface area contributed by atoms with Crippen molar-refractivity contribution in [1.29, 1.82) is 0 Å². The van der Waals surface area contributed by atoms with Crippen LogP contribution in [0.1, 0.15) is 56.9 Å². The topological polar surface area (TPSA) is 97.7 Å². The van der Waals surface area contributed by atoms with Gasteiger partial charge in [0, 0.05) is 32.4 Å². The number of nitrogens with one attached hydrogen (secondary N) is 1. The molecule has 1 aromatic heterocycles. The van der Waals surface area contributed by atoms with Crippen LogP contribution in [0.2, 0.25) is 0 Å². The maximum absolute atomic E-state index is 12.6. The van der Waals surface area contributed by atoms with Gasteiger partial charge in [0.2, 0.25) is 10.0 Å². The molecule has 0 saturated heterocycles. The van der Waals surface area contributed by atoms with Gasteiger partial charge < -0.3 is 14.6 Å². The molecular weight excluding hydrogens is 370 g/mol. The fourth-order valence-corrected chi connectivity index (χ4v) is 4.78. The summed E-state index contributed by atoms with van der Waals surface area (Å²) in [5.74, 6) is -1.06. The molecule has 1 fully saturated rings. The van der Waals surface area contributed by atoms with E-state index in [1.807, 2.05) is 0 Å². The summed E-state index contributed by atoms with van der Waals surface area (Å²) < 4.78 is 33.2. The van der Waals surface area contributed by atoms with Crippen molar-refractivity contribution in [1.82, 2.24) is 14.2 Å². The lowest BCUT2D eigenvalue weighted by molar-refractivity contribution is -0.129. The Morgan fingerprint density at radius 2 is 1.89 bits per heavy atom. The minimum atomic E-state index is -3.67. The van der Waals surface area contributed by atoms with Crippen LogP contribution in [0.15, 0.2) is 17.2 Å². The van der Waals surface area contributed by atoms with Gasteiger partial charge in [0.25, 0.3) is 5.91 Å². The van der Waals surface area contributed by atoms with Gasteiger partial charge in [-0.05, 0) is 25.8 Å². The van der Waals surface area contributed by atoms with E-state index in [1.165, 1.54) is 28.1 Å². The van der Waals surface area contributed by atoms with Gasteiger partial charge in [-0.3, -0.25) is 4.79 Å². The second-order valence-corrected chi connectivity index (χ2v) is 8.74. The van der Waals surface area contributed by atoms with Crippen molar-refractivity contribution < 1.29 is 22.7 Å². The van der Waals surface area contributed by atoms with Crippen LogP contribution >= 0.6 is 0 Å². The molecule has 0 aliphatic heterocycles. The largest absolute Gasteiger partial charge is 0.448 e. The summed E-state index contributed by atoms with van der Waals surface area (Å²) in [7, 11) is -2.10. The average Bonchev–Trinajstić information content (AvgIpc) is 3.25. The summed E-state index contributed by atoms with van der Waals surface area (Å²) in [6.07, 6.45) is 4.50. The van der Waals surface area contributed by atoms with E-state index in [4.69, 9.17) is 4.74 Å². The Labute approximate surface area is 160 Å². The molecule has 0 bridgehead atoms. The van der Waals surface area contributed by atoms with Crippen LogP contribution < -0.4 is 5.32 Å². The first kappa shape index (κ1) is 21.4. The number of hydrogen-bond donors (Lipinski definition) is 1. The van der Waals surface area contributed by atoms with Crippen LogP contribution in [0.25, 0.3) is 0 Å². The second-order valence-electron chi connectivity index (χ2n) is 6.80. The van der Waals surface area contributed by atoms with Crippen LogP contribution in [0.4, 0.5) is 0 Å². The molecule has 1 aliphatic rings. The molecule has 9 heteroatoms. The maximum atomic E-state index is 12.6. The molecule has 0 radical (unpaired) electrons. The Bertz CT molecular complexity index is 777. The summed E-state index contributed by atoms with van der Waals surface area (Å²) in [4.78, 5) is 24.7. The number of rotatable bonds is 8. The van der Waals surface area contributed by atoms with Gasteiger partial charge in [-0.2, -0.15) is 4.31 Å². The summed E-state index contributed by atoms with van der Waals surface area (Å²) in [6.45, 7) is 5.70. The van der Waals surface area contributed by atoms with Crippen LogP contribution in [0.5, 0.6) is 0 Å². The third kappa shape index (κ3) is 4.90. The number of carbonyl (C=O) groups excluding carboxylic acids is 2. The molecule has 0 aromatic carbocycles. The summed E-state index contributed by atoms with van der Waals surface area (Å²) >= 11 is 0. The van der Waals surface area contributed by atoms with Crippen LogP contribution in [0, 0.1) is 0 Å². The maximum Gasteiger partial charge on any atom is 0.355 e. The molecule has 2 rings (SSSR count). The molecule has 1 atom stereocenters. The van der Waals surface area contributed by atoms with E-state index in [-0.39, 0.29) is 22.5 Å². The lowest BCUT2D eigenvalue weighted by atomic mass is 10.2. The molecule has 1 unspecified atom stereocenters. The van der Waals surface area contributed by atoms with Crippen molar-refractivity contribution >= 4 is 21.9 Å². The van der Waals surface area contributed by atoms with Crippen molar-refractivity contribution in [2.45, 2.75) is 63.5 Å². The SMILES string of the molecule is CCN(CC)S(=O)(=O)c1cc(C(=O)OC(C)C(=O)NC2CCCC2)n(C)c1. The zero-order valence-corrected chi connectivity index (χ0v) is 17.2. The van der Waals surface area contributed by atoms with Gasteiger partial charge in [-0.25, -0.2) is 13.2 Å². The third-order valence-electron chi connectivity index (χ3n) is 4.89. The number of aromatic nitrogens is 1. The van der Waals surface area contributed by atoms with E-state index in [0.717, 1.165) is 25.7 Å². The van der Waals surface area contributed by atoms with Gasteiger partial charge in [0.15, 0.2) is 6.10 Å². The molecule has 152 valence electrons. The van der Waals surface area contributed by atoms with E-state index in [9.17, 15) is 18.0 Å². The standard InChI is InChI=1S/C18H29N3O5S/c1-5-21(6-2)27(24,25)15-11-16(20(4)12-15)18(23)26-13(3)17(22)19-14-9-7-8-10-14/h11-14H,5-10H2,1-4H3,(H,19,22). The van der Waals surface area contributed by atoms with Gasteiger partial charge >= 0.3 is 5.97 Å². The molecule has 1 aromatic rings. The second kappa shape index (κ2) is 8.88. The highest BCUT2D eigenvalue weighted by atomic mass is 32.2. The highest BCUT2D eigenvalue weighted by Gasteiger charge is 2.28. The fraction of sp³-hybridized carbons (Fsp3) is 0.667. The number of nitrogens with zero attached hydrogens (tertiary/aromatic N) is 2. The van der Waals surface area contributed by atoms with Crippen LogP contribution in [0.3, 0.4) is 0 Å². The monoisotopic (exact) mass is 399 g/mol. The predicted molar refractivity (Wildman–Crippen MR) is 101 cm³/mol. The van der Waals surface area contributed by atoms with Gasteiger partial charge in [-0.15, -0.1) is 0 Å². The normalized spacial score (nSPS) is 16.5. The Balaban J connectivity index is 2.08. The fourth-order valence-electron chi connectivity index (χ4n) is 3.25. The summed E-state index contributed by atoms with van der Waals surface area (Å²) in [6, 6.07) is 1.43. The zero-order chi connectivity index (χ0) is 20.2. The molecular formula is C18H29N3O5S. The molecule has 1 amide bonds. The number of sulfonamides is 1. The zero-order valence-electron chi connectivity index (χ0n) is 16.4. The number of carbonyl (C=O) groups is 2. The molecule has 0 spiro atoms. The number of hydrogen-bond acceptors (Lipinski definition) is 5.